The smallest absolute Gasteiger partial charge is 0.399 e. The summed E-state index contributed by atoms with van der Waals surface area (Å²) >= 11 is 0. The molecule has 0 saturated heterocycles. The van der Waals surface area contributed by atoms with E-state index in [1.807, 2.05) is 13.8 Å². The molecule has 0 rings (SSSR count). The second kappa shape index (κ2) is 8.89. The van der Waals surface area contributed by atoms with E-state index in [1.54, 1.807) is 14.1 Å². The Morgan fingerprint density at radius 3 is 2.05 bits per heavy atom. The largest absolute Gasteiger partial charge is 0.435 e. The fraction of sp³-hybridized carbons (Fsp3) is 0.667. The average Bonchev–Trinajstić information content (AvgIpc) is 2.40. The summed E-state index contributed by atoms with van der Waals surface area (Å²) in [7, 11) is 4.47. The van der Waals surface area contributed by atoms with Crippen LogP contribution in [0.2, 0.25) is 0 Å². The van der Waals surface area contributed by atoms with Gasteiger partial charge in [0.25, 0.3) is 5.91 Å². The van der Waals surface area contributed by atoms with Gasteiger partial charge in [0.05, 0.1) is 0 Å². The highest BCUT2D eigenvalue weighted by atomic mass is 16.7. The maximum atomic E-state index is 11.9. The first-order valence-electron chi connectivity index (χ1n) is 6.22. The Morgan fingerprint density at radius 2 is 1.65 bits per heavy atom. The first-order chi connectivity index (χ1) is 9.38. The van der Waals surface area contributed by atoms with Crippen LogP contribution in [0.5, 0.6) is 0 Å². The zero-order valence-corrected chi connectivity index (χ0v) is 12.8. The molecule has 0 fully saturated rings. The van der Waals surface area contributed by atoms with Crippen LogP contribution in [0, 0.1) is 0 Å². The molecule has 0 aliphatic heterocycles. The van der Waals surface area contributed by atoms with Crippen molar-refractivity contribution in [2.45, 2.75) is 20.8 Å². The molecule has 0 aliphatic rings. The van der Waals surface area contributed by atoms with Crippen molar-refractivity contribution in [1.29, 1.82) is 0 Å². The lowest BCUT2D eigenvalue weighted by Gasteiger charge is -2.16. The van der Waals surface area contributed by atoms with E-state index in [2.05, 4.69) is 15.1 Å². The summed E-state index contributed by atoms with van der Waals surface area (Å²) in [5.41, 5.74) is 0.135. The van der Waals surface area contributed by atoms with Crippen LogP contribution in [0.25, 0.3) is 0 Å². The number of oxime groups is 2. The second-order valence-corrected chi connectivity index (χ2v) is 4.03. The number of amides is 2. The molecule has 0 atom stereocenters. The molecule has 0 radical (unpaired) electrons. The van der Waals surface area contributed by atoms with Crippen LogP contribution < -0.4 is 0 Å². The summed E-state index contributed by atoms with van der Waals surface area (Å²) in [6.45, 7) is 6.16. The molecule has 0 bridgehead atoms. The Bertz CT molecular complexity index is 400. The molecule has 8 heteroatoms. The van der Waals surface area contributed by atoms with Gasteiger partial charge in [-0.25, -0.2) is 4.79 Å². The molecule has 0 aromatic carbocycles. The van der Waals surface area contributed by atoms with Gasteiger partial charge in [-0.1, -0.05) is 10.3 Å². The summed E-state index contributed by atoms with van der Waals surface area (Å²) in [6.07, 6.45) is -0.621. The summed E-state index contributed by atoms with van der Waals surface area (Å²) < 4.78 is 0. The number of carbonyl (C=O) groups excluding carboxylic acids is 2. The van der Waals surface area contributed by atoms with Gasteiger partial charge in [-0.3, -0.25) is 9.63 Å². The number of nitrogens with zero attached hydrogens (tertiary/aromatic N) is 4. The van der Waals surface area contributed by atoms with Gasteiger partial charge in [0.15, 0.2) is 5.71 Å². The lowest BCUT2D eigenvalue weighted by molar-refractivity contribution is -0.121. The minimum Gasteiger partial charge on any atom is -0.399 e. The molecule has 0 aliphatic carbocycles. The summed E-state index contributed by atoms with van der Waals surface area (Å²) in [5.74, 6) is -0.435. The topological polar surface area (TPSA) is 83.8 Å². The minimum absolute atomic E-state index is 0.0858. The van der Waals surface area contributed by atoms with Crippen LogP contribution in [0.4, 0.5) is 4.79 Å². The monoisotopic (exact) mass is 286 g/mol. The molecule has 20 heavy (non-hydrogen) atoms. The van der Waals surface area contributed by atoms with Gasteiger partial charge in [-0.05, 0) is 20.8 Å². The Labute approximate surface area is 119 Å². The quantitative estimate of drug-likeness (QED) is 0.413. The van der Waals surface area contributed by atoms with Crippen LogP contribution >= 0.6 is 0 Å². The van der Waals surface area contributed by atoms with Gasteiger partial charge >= 0.3 is 6.09 Å². The maximum Gasteiger partial charge on any atom is 0.435 e. The second-order valence-electron chi connectivity index (χ2n) is 4.03. The van der Waals surface area contributed by atoms with Crippen molar-refractivity contribution in [3.05, 3.63) is 0 Å². The molecule has 0 aromatic heterocycles. The van der Waals surface area contributed by atoms with Gasteiger partial charge < -0.3 is 14.6 Å². The highest BCUT2D eigenvalue weighted by molar-refractivity contribution is 6.66. The summed E-state index contributed by atoms with van der Waals surface area (Å²) in [6, 6.07) is 0. The van der Waals surface area contributed by atoms with Crippen molar-refractivity contribution in [2.24, 2.45) is 10.3 Å². The van der Waals surface area contributed by atoms with Gasteiger partial charge in [-0.15, -0.1) is 0 Å². The van der Waals surface area contributed by atoms with E-state index in [0.29, 0.717) is 13.1 Å². The van der Waals surface area contributed by atoms with E-state index >= 15 is 0 Å². The first-order valence-corrected chi connectivity index (χ1v) is 6.22. The van der Waals surface area contributed by atoms with Crippen molar-refractivity contribution in [3.63, 3.8) is 0 Å². The predicted molar refractivity (Wildman–Crippen MR) is 75.6 cm³/mol. The molecular weight excluding hydrogens is 264 g/mol. The van der Waals surface area contributed by atoms with Crippen LogP contribution in [0.15, 0.2) is 10.3 Å². The lowest BCUT2D eigenvalue weighted by Crippen LogP contribution is -2.35. The summed E-state index contributed by atoms with van der Waals surface area (Å²) in [5, 5.41) is 7.23. The number of hydrogen-bond acceptors (Lipinski definition) is 6. The van der Waals surface area contributed by atoms with E-state index < -0.39 is 12.0 Å². The molecule has 114 valence electrons. The standard InChI is InChI=1S/C12H22N4O4/c1-7-16(8-2)12(18)20-14-10(9(3)13-19-6)11(17)15(4)5/h7-8H2,1-6H3/b13-9+,14-10-. The maximum absolute atomic E-state index is 11.9. The van der Waals surface area contributed by atoms with Crippen molar-refractivity contribution < 1.29 is 19.3 Å². The molecule has 8 nitrogen and oxygen atoms in total. The zero-order valence-electron chi connectivity index (χ0n) is 12.8. The number of hydrogen-bond donors (Lipinski definition) is 0. The Morgan fingerprint density at radius 1 is 1.10 bits per heavy atom. The molecule has 0 spiro atoms. The summed E-state index contributed by atoms with van der Waals surface area (Å²) in [4.78, 5) is 35.7. The Kier molecular flexibility index (Phi) is 7.95. The molecule has 2 amide bonds. The average molecular weight is 286 g/mol. The fourth-order valence-electron chi connectivity index (χ4n) is 1.28. The first kappa shape index (κ1) is 17.9. The van der Waals surface area contributed by atoms with E-state index in [-0.39, 0.29) is 11.4 Å². The van der Waals surface area contributed by atoms with Gasteiger partial charge in [0, 0.05) is 27.2 Å². The van der Waals surface area contributed by atoms with E-state index in [4.69, 9.17) is 4.84 Å². The third-order valence-electron chi connectivity index (χ3n) is 2.42. The molecular formula is C12H22N4O4. The van der Waals surface area contributed by atoms with Gasteiger partial charge in [-0.2, -0.15) is 0 Å². The van der Waals surface area contributed by atoms with E-state index in [1.165, 1.54) is 23.8 Å². The number of carbonyl (C=O) groups is 2. The normalized spacial score (nSPS) is 11.9. The van der Waals surface area contributed by atoms with E-state index in [9.17, 15) is 9.59 Å². The van der Waals surface area contributed by atoms with E-state index in [0.717, 1.165) is 0 Å². The SMILES string of the molecule is CCN(CC)C(=O)O/N=C(C(=O)N(C)C)/C(C)=N/OC. The van der Waals surface area contributed by atoms with Gasteiger partial charge in [0.2, 0.25) is 0 Å². The third-order valence-corrected chi connectivity index (χ3v) is 2.42. The molecule has 0 aromatic rings. The van der Waals surface area contributed by atoms with Crippen molar-refractivity contribution in [3.8, 4) is 0 Å². The van der Waals surface area contributed by atoms with Crippen molar-refractivity contribution in [1.82, 2.24) is 9.80 Å². The molecule has 0 N–H and O–H groups in total. The highest BCUT2D eigenvalue weighted by Gasteiger charge is 2.20. The highest BCUT2D eigenvalue weighted by Crippen LogP contribution is 1.98. The predicted octanol–water partition coefficient (Wildman–Crippen LogP) is 0.931. The van der Waals surface area contributed by atoms with Crippen molar-refractivity contribution in [2.75, 3.05) is 34.3 Å². The van der Waals surface area contributed by atoms with Crippen LogP contribution in [0.1, 0.15) is 20.8 Å². The Balaban J connectivity index is 5.14. The lowest BCUT2D eigenvalue weighted by atomic mass is 10.2. The third kappa shape index (κ3) is 5.25. The fourth-order valence-corrected chi connectivity index (χ4v) is 1.28. The van der Waals surface area contributed by atoms with Crippen LogP contribution in [-0.4, -0.2) is 67.5 Å². The molecule has 0 heterocycles. The van der Waals surface area contributed by atoms with Crippen LogP contribution in [0.3, 0.4) is 0 Å². The molecule has 0 saturated carbocycles. The van der Waals surface area contributed by atoms with Crippen LogP contribution in [-0.2, 0) is 14.5 Å². The zero-order chi connectivity index (χ0) is 15.7. The van der Waals surface area contributed by atoms with Crippen molar-refractivity contribution >= 4 is 23.4 Å². The Hall–Kier alpha value is -2.12. The van der Waals surface area contributed by atoms with Gasteiger partial charge in [0.1, 0.15) is 12.8 Å². The molecule has 0 unspecified atom stereocenters. The number of rotatable bonds is 6. The minimum atomic E-state index is -0.621.